The summed E-state index contributed by atoms with van der Waals surface area (Å²) in [6.45, 7) is 0. The Labute approximate surface area is 323 Å². The van der Waals surface area contributed by atoms with Crippen LogP contribution in [0.5, 0.6) is 0 Å². The molecule has 0 saturated heterocycles. The fraction of sp³-hybridized carbons (Fsp3) is 0. The predicted octanol–water partition coefficient (Wildman–Crippen LogP) is 2.83. The Bertz CT molecular complexity index is 3130. The molecule has 0 aliphatic carbocycles. The molecule has 10 aromatic rings. The van der Waals surface area contributed by atoms with Gasteiger partial charge in [-0.15, -0.1) is 16.4 Å². The molecule has 0 unspecified atom stereocenters. The Hall–Kier alpha value is -6.53. The summed E-state index contributed by atoms with van der Waals surface area (Å²) in [5.41, 5.74) is 16.7. The van der Waals surface area contributed by atoms with Gasteiger partial charge in [0.15, 0.2) is 11.6 Å². The van der Waals surface area contributed by atoms with Gasteiger partial charge >= 0.3 is 0 Å². The number of nitrogens with zero attached hydrogens (tertiary/aromatic N) is 4. The lowest BCUT2D eigenvalue weighted by Gasteiger charge is -2.21. The van der Waals surface area contributed by atoms with Gasteiger partial charge in [-0.25, -0.2) is 4.98 Å². The maximum atomic E-state index is 6.85. The predicted molar refractivity (Wildman–Crippen MR) is 244 cm³/mol. The zero-order valence-electron chi connectivity index (χ0n) is 31.5. The van der Waals surface area contributed by atoms with Crippen molar-refractivity contribution in [1.82, 2.24) is 19.5 Å². The molecule has 3 aromatic heterocycles. The van der Waals surface area contributed by atoms with Crippen molar-refractivity contribution in [2.45, 2.75) is 0 Å². The van der Waals surface area contributed by atoms with Crippen molar-refractivity contribution in [3.05, 3.63) is 140 Å². The van der Waals surface area contributed by atoms with Crippen molar-refractivity contribution in [3.8, 4) is 51.0 Å². The van der Waals surface area contributed by atoms with Crippen LogP contribution in [-0.2, 0) is 0 Å². The third-order valence-electron chi connectivity index (χ3n) is 11.7. The van der Waals surface area contributed by atoms with Crippen LogP contribution >= 0.6 is 0 Å². The zero-order chi connectivity index (χ0) is 37.4. The first-order valence-electron chi connectivity index (χ1n) is 18.8. The highest BCUT2D eigenvalue weighted by Crippen LogP contribution is 2.41. The fourth-order valence-corrected chi connectivity index (χ4v) is 8.49. The molecule has 0 aliphatic rings. The second-order valence-corrected chi connectivity index (χ2v) is 14.5. The van der Waals surface area contributed by atoms with Gasteiger partial charge in [-0.2, -0.15) is 9.97 Å². The number of para-hydroxylation sites is 3. The molecule has 0 atom stereocenters. The van der Waals surface area contributed by atoms with E-state index in [1.54, 1.807) is 0 Å². The Morgan fingerprint density at radius 3 is 1.62 bits per heavy atom. The van der Waals surface area contributed by atoms with E-state index in [9.17, 15) is 0 Å². The van der Waals surface area contributed by atoms with Crippen LogP contribution in [0, 0.1) is 0 Å². The van der Waals surface area contributed by atoms with Crippen LogP contribution < -0.4 is 27.3 Å². The Balaban J connectivity index is 1.27. The molecule has 254 valence electrons. The van der Waals surface area contributed by atoms with Gasteiger partial charge in [0, 0.05) is 32.7 Å². The van der Waals surface area contributed by atoms with Gasteiger partial charge in [-0.05, 0) is 34.9 Å². The van der Waals surface area contributed by atoms with Crippen molar-refractivity contribution in [1.29, 1.82) is 0 Å². The maximum absolute atomic E-state index is 6.85. The maximum Gasteiger partial charge on any atom is 0.238 e. The smallest absolute Gasteiger partial charge is 0.238 e. The summed E-state index contributed by atoms with van der Waals surface area (Å²) < 4.78 is 9.05. The lowest BCUT2D eigenvalue weighted by atomic mass is 9.59. The van der Waals surface area contributed by atoms with E-state index in [1.807, 2.05) is 36.4 Å². The number of furan rings is 1. The minimum absolute atomic E-state index is 0.549. The number of fused-ring (bicyclic) bond motifs is 6. The Kier molecular flexibility index (Phi) is 7.70. The van der Waals surface area contributed by atoms with E-state index < -0.39 is 0 Å². The van der Waals surface area contributed by atoms with E-state index in [-0.39, 0.29) is 0 Å². The highest BCUT2D eigenvalue weighted by Gasteiger charge is 2.23. The van der Waals surface area contributed by atoms with Gasteiger partial charge in [-0.1, -0.05) is 132 Å². The molecule has 55 heavy (non-hydrogen) atoms. The third-order valence-corrected chi connectivity index (χ3v) is 11.7. The molecule has 3 heterocycles. The van der Waals surface area contributed by atoms with E-state index in [1.165, 1.54) is 43.8 Å². The molecule has 0 spiro atoms. The first-order chi connectivity index (χ1) is 26.9. The Morgan fingerprint density at radius 2 is 0.909 bits per heavy atom. The van der Waals surface area contributed by atoms with Gasteiger partial charge in [0.1, 0.15) is 50.4 Å². The van der Waals surface area contributed by atoms with Crippen molar-refractivity contribution in [3.63, 3.8) is 0 Å². The van der Waals surface area contributed by atoms with E-state index in [4.69, 9.17) is 19.4 Å². The topological polar surface area (TPSA) is 56.7 Å². The monoisotopic (exact) mass is 700 g/mol. The minimum Gasteiger partial charge on any atom is -0.455 e. The Morgan fingerprint density at radius 1 is 0.400 bits per heavy atom. The van der Waals surface area contributed by atoms with Crippen LogP contribution in [0.1, 0.15) is 0 Å². The largest absolute Gasteiger partial charge is 0.455 e. The van der Waals surface area contributed by atoms with Crippen LogP contribution in [0.4, 0.5) is 0 Å². The van der Waals surface area contributed by atoms with Crippen LogP contribution in [-0.4, -0.2) is 58.8 Å². The van der Waals surface area contributed by atoms with Crippen LogP contribution in [0.2, 0.25) is 0 Å². The molecule has 5 nitrogen and oxygen atoms in total. The molecule has 0 saturated carbocycles. The minimum atomic E-state index is 0.549. The molecule has 0 radical (unpaired) electrons. The van der Waals surface area contributed by atoms with Crippen LogP contribution in [0.15, 0.2) is 144 Å². The van der Waals surface area contributed by atoms with E-state index in [0.29, 0.717) is 17.6 Å². The normalized spacial score (nSPS) is 11.6. The fourth-order valence-electron chi connectivity index (χ4n) is 8.49. The summed E-state index contributed by atoms with van der Waals surface area (Å²) in [7, 11) is 11.2. The molecule has 10 heteroatoms. The highest BCUT2D eigenvalue weighted by atomic mass is 16.3. The highest BCUT2D eigenvalue weighted by molar-refractivity contribution is 6.69. The van der Waals surface area contributed by atoms with Crippen molar-refractivity contribution < 1.29 is 4.42 Å². The second kappa shape index (κ2) is 12.8. The van der Waals surface area contributed by atoms with Crippen molar-refractivity contribution >= 4 is 110 Å². The molecule has 0 N–H and O–H groups in total. The molecule has 0 aliphatic heterocycles. The average Bonchev–Trinajstić information content (AvgIpc) is 3.79. The molecule has 10 rings (SSSR count). The van der Waals surface area contributed by atoms with Gasteiger partial charge < -0.3 is 4.42 Å². The molecule has 0 amide bonds. The zero-order valence-corrected chi connectivity index (χ0v) is 31.5. The number of benzene rings is 7. The molecule has 0 bridgehead atoms. The van der Waals surface area contributed by atoms with Crippen LogP contribution in [0.3, 0.4) is 0 Å². The van der Waals surface area contributed by atoms with E-state index in [2.05, 4.69) is 147 Å². The summed E-state index contributed by atoms with van der Waals surface area (Å²) in [5.74, 6) is 1.69. The second-order valence-electron chi connectivity index (χ2n) is 14.5. The summed E-state index contributed by atoms with van der Waals surface area (Å²) in [4.78, 5) is 15.7. The standard InChI is InChI=1S/C45H33B5N4O/c46-36-35(37(47)39(49)40(50)38(36)48)30-20-11-23-33-34(30)29-16-7-8-22-32(29)54(33)45-52-43(25-14-5-2-6-15-25)51-44(53-45)31-21-10-19-28-27-18-9-17-26(41(27)55-42(28)31)24-12-3-1-4-13-24/h1-23H,46-50H2. The average molecular weight is 700 g/mol. The quantitative estimate of drug-likeness (QED) is 0.260. The number of hydrogen-bond acceptors (Lipinski definition) is 4. The molecular weight excluding hydrogens is 667 g/mol. The number of aromatic nitrogens is 4. The summed E-state index contributed by atoms with van der Waals surface area (Å²) in [5, 5.41) is 4.41. The van der Waals surface area contributed by atoms with Crippen molar-refractivity contribution in [2.24, 2.45) is 0 Å². The summed E-state index contributed by atoms with van der Waals surface area (Å²) in [6.07, 6.45) is 0. The molecular formula is C45H33B5N4O. The first-order valence-corrected chi connectivity index (χ1v) is 18.8. The van der Waals surface area contributed by atoms with Gasteiger partial charge in [0.05, 0.1) is 16.6 Å². The molecule has 7 aromatic carbocycles. The van der Waals surface area contributed by atoms with Crippen molar-refractivity contribution in [2.75, 3.05) is 0 Å². The van der Waals surface area contributed by atoms with E-state index >= 15 is 0 Å². The van der Waals surface area contributed by atoms with E-state index in [0.717, 1.165) is 60.6 Å². The molecule has 0 fully saturated rings. The summed E-state index contributed by atoms with van der Waals surface area (Å²) >= 11 is 0. The number of hydrogen-bond donors (Lipinski definition) is 0. The summed E-state index contributed by atoms with van der Waals surface area (Å²) in [6, 6.07) is 48.3. The van der Waals surface area contributed by atoms with Gasteiger partial charge in [0.2, 0.25) is 5.95 Å². The lowest BCUT2D eigenvalue weighted by molar-refractivity contribution is 0.670. The first kappa shape index (κ1) is 33.1. The number of rotatable bonds is 5. The lowest BCUT2D eigenvalue weighted by Crippen LogP contribution is -2.55. The van der Waals surface area contributed by atoms with Gasteiger partial charge in [0.25, 0.3) is 0 Å². The SMILES string of the molecule is Bc1c(B)c(B)c(-c2cccc3c2c2ccccc2n3-c2nc(-c3ccccc3)nc(-c3cccc4c3oc3c(-c5ccccc5)cccc34)n2)c(B)c1B. The van der Waals surface area contributed by atoms with Crippen LogP contribution in [0.25, 0.3) is 94.7 Å². The van der Waals surface area contributed by atoms with Gasteiger partial charge in [-0.3, -0.25) is 4.57 Å². The third kappa shape index (κ3) is 5.12.